The molecule has 0 saturated heterocycles. The Morgan fingerprint density at radius 2 is 2.21 bits per heavy atom. The van der Waals surface area contributed by atoms with Crippen molar-refractivity contribution in [2.75, 3.05) is 5.73 Å². The summed E-state index contributed by atoms with van der Waals surface area (Å²) in [6.45, 7) is 0. The van der Waals surface area contributed by atoms with Crippen molar-refractivity contribution in [3.8, 4) is 21.7 Å². The monoisotopic (exact) mass is 295 g/mol. The summed E-state index contributed by atoms with van der Waals surface area (Å²) in [6.07, 6.45) is 1.66. The van der Waals surface area contributed by atoms with Crippen molar-refractivity contribution in [3.63, 3.8) is 0 Å². The van der Waals surface area contributed by atoms with E-state index in [1.807, 2.05) is 0 Å². The Hall–Kier alpha value is -1.92. The van der Waals surface area contributed by atoms with Crippen molar-refractivity contribution in [2.24, 2.45) is 0 Å². The lowest BCUT2D eigenvalue weighted by atomic mass is 10.0. The molecule has 4 nitrogen and oxygen atoms in total. The number of aromatic nitrogens is 2. The molecule has 96 valence electrons. The van der Waals surface area contributed by atoms with Crippen LogP contribution in [-0.2, 0) is 0 Å². The predicted molar refractivity (Wildman–Crippen MR) is 72.4 cm³/mol. The predicted octanol–water partition coefficient (Wildman–Crippen LogP) is 3.84. The second-order valence-corrected chi connectivity index (χ2v) is 5.05. The van der Waals surface area contributed by atoms with Crippen LogP contribution in [0.15, 0.2) is 34.4 Å². The molecule has 0 aliphatic heterocycles. The van der Waals surface area contributed by atoms with E-state index in [0.29, 0.717) is 16.8 Å². The number of anilines is 1. The van der Waals surface area contributed by atoms with Gasteiger partial charge in [0.2, 0.25) is 5.88 Å². The highest BCUT2D eigenvalue weighted by molar-refractivity contribution is 7.13. The zero-order chi connectivity index (χ0) is 13.4. The molecule has 2 aromatic heterocycles. The Bertz CT molecular complexity index is 727. The van der Waals surface area contributed by atoms with E-state index in [4.69, 9.17) is 21.9 Å². The van der Waals surface area contributed by atoms with Crippen molar-refractivity contribution in [1.82, 2.24) is 10.1 Å². The van der Waals surface area contributed by atoms with Gasteiger partial charge in [0, 0.05) is 11.8 Å². The van der Waals surface area contributed by atoms with Gasteiger partial charge in [-0.2, -0.15) is 0 Å². The van der Waals surface area contributed by atoms with E-state index in [0.717, 1.165) is 4.88 Å². The molecule has 0 radical (unpaired) electrons. The third-order valence-corrected chi connectivity index (χ3v) is 3.68. The number of nitrogens with zero attached hydrogens (tertiary/aromatic N) is 2. The quantitative estimate of drug-likeness (QED) is 0.780. The lowest BCUT2D eigenvalue weighted by Gasteiger charge is -2.03. The van der Waals surface area contributed by atoms with Gasteiger partial charge in [-0.05, 0) is 18.2 Å². The molecule has 1 aromatic carbocycles. The summed E-state index contributed by atoms with van der Waals surface area (Å²) in [4.78, 5) is 4.78. The smallest absolute Gasteiger partial charge is 0.230 e. The molecule has 0 aliphatic rings. The summed E-state index contributed by atoms with van der Waals surface area (Å²) in [5.41, 5.74) is 9.14. The van der Waals surface area contributed by atoms with Crippen molar-refractivity contribution in [1.29, 1.82) is 0 Å². The molecule has 0 saturated carbocycles. The van der Waals surface area contributed by atoms with Crippen molar-refractivity contribution in [2.45, 2.75) is 0 Å². The number of nitrogens with two attached hydrogens (primary N) is 1. The summed E-state index contributed by atoms with van der Waals surface area (Å²) in [6, 6.07) is 4.08. The summed E-state index contributed by atoms with van der Waals surface area (Å²) in [7, 11) is 0. The van der Waals surface area contributed by atoms with Gasteiger partial charge in [-0.3, -0.25) is 4.98 Å². The first-order valence-electron chi connectivity index (χ1n) is 5.26. The van der Waals surface area contributed by atoms with Gasteiger partial charge in [-0.1, -0.05) is 16.8 Å². The molecule has 19 heavy (non-hydrogen) atoms. The minimum absolute atomic E-state index is 0.136. The molecule has 0 unspecified atom stereocenters. The molecule has 2 N–H and O–H groups in total. The van der Waals surface area contributed by atoms with Gasteiger partial charge in [-0.25, -0.2) is 4.39 Å². The van der Waals surface area contributed by atoms with E-state index in [-0.39, 0.29) is 10.9 Å². The SMILES string of the molecule is Nc1onc(-c2cncs2)c1-c1ccc(F)cc1Cl. The fourth-order valence-electron chi connectivity index (χ4n) is 1.76. The average molecular weight is 296 g/mol. The number of halogens is 2. The minimum atomic E-state index is -0.414. The standard InChI is InChI=1S/C12H7ClFN3OS/c13-8-3-6(14)1-2-7(8)10-11(17-18-12(10)15)9-4-16-5-19-9/h1-5H,15H2. The Labute approximate surface area is 116 Å². The van der Waals surface area contributed by atoms with E-state index >= 15 is 0 Å². The lowest BCUT2D eigenvalue weighted by molar-refractivity contribution is 0.439. The zero-order valence-corrected chi connectivity index (χ0v) is 11.0. The van der Waals surface area contributed by atoms with E-state index in [2.05, 4.69) is 10.1 Å². The number of hydrogen-bond donors (Lipinski definition) is 1. The first-order valence-corrected chi connectivity index (χ1v) is 6.52. The van der Waals surface area contributed by atoms with Crippen molar-refractivity contribution in [3.05, 3.63) is 40.7 Å². The summed E-state index contributed by atoms with van der Waals surface area (Å²) >= 11 is 7.45. The molecule has 0 amide bonds. The van der Waals surface area contributed by atoms with Gasteiger partial charge in [-0.15, -0.1) is 11.3 Å². The average Bonchev–Trinajstić information content (AvgIpc) is 2.99. The van der Waals surface area contributed by atoms with Gasteiger partial charge in [0.05, 0.1) is 21.0 Å². The van der Waals surface area contributed by atoms with Gasteiger partial charge in [0.25, 0.3) is 0 Å². The molecule has 3 rings (SSSR count). The van der Waals surface area contributed by atoms with Crippen molar-refractivity contribution < 1.29 is 8.91 Å². The van der Waals surface area contributed by atoms with Crippen molar-refractivity contribution >= 4 is 28.8 Å². The van der Waals surface area contributed by atoms with Crippen LogP contribution in [0.5, 0.6) is 0 Å². The molecule has 0 spiro atoms. The van der Waals surface area contributed by atoms with Gasteiger partial charge in [0.1, 0.15) is 11.5 Å². The summed E-state index contributed by atoms with van der Waals surface area (Å²) < 4.78 is 18.1. The second-order valence-electron chi connectivity index (χ2n) is 3.76. The number of rotatable bonds is 2. The molecule has 0 bridgehead atoms. The molecule has 3 aromatic rings. The van der Waals surface area contributed by atoms with Crippen LogP contribution in [0, 0.1) is 5.82 Å². The first-order chi connectivity index (χ1) is 9.16. The van der Waals surface area contributed by atoms with E-state index in [9.17, 15) is 4.39 Å². The highest BCUT2D eigenvalue weighted by atomic mass is 35.5. The Morgan fingerprint density at radius 3 is 2.89 bits per heavy atom. The molecule has 0 aliphatic carbocycles. The number of thiazole rings is 1. The maximum atomic E-state index is 13.1. The van der Waals surface area contributed by atoms with Gasteiger partial charge >= 0.3 is 0 Å². The highest BCUT2D eigenvalue weighted by Gasteiger charge is 2.20. The van der Waals surface area contributed by atoms with Crippen LogP contribution in [0.2, 0.25) is 5.02 Å². The zero-order valence-electron chi connectivity index (χ0n) is 9.43. The fraction of sp³-hybridized carbons (Fsp3) is 0. The second kappa shape index (κ2) is 4.64. The molecule has 0 atom stereocenters. The number of hydrogen-bond acceptors (Lipinski definition) is 5. The van der Waals surface area contributed by atoms with Gasteiger partial charge in [0.15, 0.2) is 0 Å². The molecular formula is C12H7ClFN3OS. The Balaban J connectivity index is 2.22. The third-order valence-electron chi connectivity index (χ3n) is 2.58. The van der Waals surface area contributed by atoms with Crippen LogP contribution in [0.4, 0.5) is 10.3 Å². The largest absolute Gasteiger partial charge is 0.367 e. The topological polar surface area (TPSA) is 64.9 Å². The summed E-state index contributed by atoms with van der Waals surface area (Å²) in [5.74, 6) is -0.278. The van der Waals surface area contributed by atoms with Crippen LogP contribution in [0.1, 0.15) is 0 Å². The molecule has 0 fully saturated rings. The third kappa shape index (κ3) is 2.09. The summed E-state index contributed by atoms with van der Waals surface area (Å²) in [5, 5.41) is 4.17. The molecule has 2 heterocycles. The van der Waals surface area contributed by atoms with Crippen LogP contribution < -0.4 is 5.73 Å². The van der Waals surface area contributed by atoms with Crippen LogP contribution in [0.25, 0.3) is 21.7 Å². The molecule has 7 heteroatoms. The van der Waals surface area contributed by atoms with E-state index in [1.165, 1.54) is 23.5 Å². The Kier molecular flexibility index (Phi) is 2.96. The van der Waals surface area contributed by atoms with E-state index < -0.39 is 5.82 Å². The maximum Gasteiger partial charge on any atom is 0.230 e. The maximum absolute atomic E-state index is 13.1. The highest BCUT2D eigenvalue weighted by Crippen LogP contribution is 2.40. The normalized spacial score (nSPS) is 10.8. The van der Waals surface area contributed by atoms with Crippen LogP contribution in [-0.4, -0.2) is 10.1 Å². The van der Waals surface area contributed by atoms with Gasteiger partial charge < -0.3 is 10.3 Å². The lowest BCUT2D eigenvalue weighted by Crippen LogP contribution is -1.88. The van der Waals surface area contributed by atoms with Crippen LogP contribution in [0.3, 0.4) is 0 Å². The molecular weight excluding hydrogens is 289 g/mol. The van der Waals surface area contributed by atoms with E-state index in [1.54, 1.807) is 17.8 Å². The number of nitrogen functional groups attached to an aromatic ring is 1. The Morgan fingerprint density at radius 1 is 1.37 bits per heavy atom. The van der Waals surface area contributed by atoms with Crippen LogP contribution >= 0.6 is 22.9 Å². The number of benzene rings is 1. The fourth-order valence-corrected chi connectivity index (χ4v) is 2.63. The first kappa shape index (κ1) is 12.1. The minimum Gasteiger partial charge on any atom is -0.367 e.